The van der Waals surface area contributed by atoms with Crippen LogP contribution < -0.4 is 20.0 Å². The maximum atomic E-state index is 14.9. The molecule has 0 radical (unpaired) electrons. The van der Waals surface area contributed by atoms with E-state index in [1.165, 1.54) is 18.2 Å². The fourth-order valence-electron chi connectivity index (χ4n) is 6.34. The van der Waals surface area contributed by atoms with Crippen LogP contribution in [-0.4, -0.2) is 67.2 Å². The summed E-state index contributed by atoms with van der Waals surface area (Å²) in [6.07, 6.45) is 9.56. The van der Waals surface area contributed by atoms with Crippen molar-refractivity contribution in [1.29, 1.82) is 0 Å². The number of hydroxylamine groups is 1. The highest BCUT2D eigenvalue weighted by Gasteiger charge is 2.38. The van der Waals surface area contributed by atoms with Gasteiger partial charge in [-0.25, -0.2) is 24.3 Å². The number of nitrogens with one attached hydrogen (secondary N) is 1. The first-order valence-corrected chi connectivity index (χ1v) is 17.9. The molecule has 2 fully saturated rings. The van der Waals surface area contributed by atoms with E-state index in [2.05, 4.69) is 37.2 Å². The topological polar surface area (TPSA) is 123 Å². The molecule has 0 aliphatic carbocycles. The van der Waals surface area contributed by atoms with E-state index >= 15 is 0 Å². The fraction of sp³-hybridized carbons (Fsp3) is 0.412. The van der Waals surface area contributed by atoms with Crippen LogP contribution >= 0.6 is 11.6 Å². The zero-order valence-corrected chi connectivity index (χ0v) is 28.4. The molecule has 2 aromatic carbocycles. The molecule has 4 aromatic rings. The third-order valence-electron chi connectivity index (χ3n) is 9.22. The van der Waals surface area contributed by atoms with Gasteiger partial charge in [0.25, 0.3) is 0 Å². The lowest BCUT2D eigenvalue weighted by Gasteiger charge is -2.34. The van der Waals surface area contributed by atoms with E-state index in [4.69, 9.17) is 20.6 Å². The number of aryl methyl sites for hydroxylation is 1. The lowest BCUT2D eigenvalue weighted by Crippen LogP contribution is -2.37. The van der Waals surface area contributed by atoms with Crippen molar-refractivity contribution < 1.29 is 21.8 Å². The summed E-state index contributed by atoms with van der Waals surface area (Å²) in [6, 6.07) is 12.3. The van der Waals surface area contributed by atoms with E-state index in [1.54, 1.807) is 55.1 Å². The summed E-state index contributed by atoms with van der Waals surface area (Å²) in [5.74, 6) is 1.99. The molecule has 2 saturated heterocycles. The van der Waals surface area contributed by atoms with Crippen molar-refractivity contribution in [3.8, 4) is 5.75 Å². The van der Waals surface area contributed by atoms with Gasteiger partial charge >= 0.3 is 10.1 Å². The number of nitrogens with zero attached hydrogens (tertiary/aromatic N) is 6. The number of anilines is 2. The maximum absolute atomic E-state index is 14.9. The Morgan fingerprint density at radius 2 is 1.58 bits per heavy atom. The first-order chi connectivity index (χ1) is 23.2. The van der Waals surface area contributed by atoms with Crippen molar-refractivity contribution >= 4 is 33.6 Å². The Hall–Kier alpha value is -3.91. The molecule has 48 heavy (non-hydrogen) atoms. The Morgan fingerprint density at radius 1 is 0.938 bits per heavy atom. The van der Waals surface area contributed by atoms with Crippen molar-refractivity contribution in [1.82, 2.24) is 25.4 Å². The highest BCUT2D eigenvalue weighted by atomic mass is 35.5. The van der Waals surface area contributed by atoms with E-state index < -0.39 is 22.1 Å². The molecular weight excluding hydrogens is 657 g/mol. The molecule has 2 aliphatic heterocycles. The fourth-order valence-corrected chi connectivity index (χ4v) is 7.25. The molecule has 11 nitrogen and oxygen atoms in total. The molecule has 2 unspecified atom stereocenters. The lowest BCUT2D eigenvalue weighted by atomic mass is 9.84. The summed E-state index contributed by atoms with van der Waals surface area (Å²) in [6.45, 7) is 7.15. The molecule has 0 spiro atoms. The van der Waals surface area contributed by atoms with Crippen molar-refractivity contribution in [3.63, 3.8) is 0 Å². The summed E-state index contributed by atoms with van der Waals surface area (Å²) in [7, 11) is -4.09. The zero-order valence-electron chi connectivity index (χ0n) is 26.9. The zero-order chi connectivity index (χ0) is 33.7. The van der Waals surface area contributed by atoms with E-state index in [0.717, 1.165) is 43.9 Å². The van der Waals surface area contributed by atoms with Gasteiger partial charge in [-0.2, -0.15) is 18.2 Å². The summed E-state index contributed by atoms with van der Waals surface area (Å²) in [5.41, 5.74) is 4.09. The minimum atomic E-state index is -4.09. The number of hydrogen-bond donors (Lipinski definition) is 1. The average molecular weight is 696 g/mol. The van der Waals surface area contributed by atoms with Gasteiger partial charge in [0.1, 0.15) is 5.82 Å². The van der Waals surface area contributed by atoms with Gasteiger partial charge in [-0.15, -0.1) is 0 Å². The van der Waals surface area contributed by atoms with Crippen LogP contribution in [0.2, 0.25) is 5.02 Å². The Kier molecular flexibility index (Phi) is 10.7. The molecule has 2 aromatic heterocycles. The van der Waals surface area contributed by atoms with Crippen LogP contribution in [-0.2, 0) is 14.4 Å². The number of benzene rings is 2. The predicted octanol–water partition coefficient (Wildman–Crippen LogP) is 5.57. The van der Waals surface area contributed by atoms with E-state index in [-0.39, 0.29) is 10.7 Å². The molecular formula is C34H39ClFN7O4S. The molecule has 2 aliphatic rings. The minimum Gasteiger partial charge on any atom is -0.490 e. The second-order valence-electron chi connectivity index (χ2n) is 12.5. The first kappa shape index (κ1) is 34.0. The second-order valence-corrected chi connectivity index (χ2v) is 14.4. The highest BCUT2D eigenvalue weighted by Crippen LogP contribution is 2.33. The molecule has 0 bridgehead atoms. The van der Waals surface area contributed by atoms with E-state index in [0.29, 0.717) is 53.8 Å². The Labute approximate surface area is 285 Å². The SMILES string of the molecule is Cc1ccc(S(=O)(=O)ONC2CN(c3ncc(OCC[C@@H](C)C4CCN(c5ncc(Cl)cn5)CC4)cn3)CC2c2ccccc2F)cc1. The molecule has 0 amide bonds. The minimum absolute atomic E-state index is 0.0286. The number of ether oxygens (including phenoxy) is 1. The third-order valence-corrected chi connectivity index (χ3v) is 10.6. The number of rotatable bonds is 12. The van der Waals surface area contributed by atoms with Gasteiger partial charge in [-0.3, -0.25) is 0 Å². The van der Waals surface area contributed by atoms with Gasteiger partial charge < -0.3 is 14.5 Å². The molecule has 6 rings (SSSR count). The van der Waals surface area contributed by atoms with Crippen LogP contribution in [0.4, 0.5) is 16.3 Å². The summed E-state index contributed by atoms with van der Waals surface area (Å²) < 4.78 is 51.9. The van der Waals surface area contributed by atoms with Crippen LogP contribution in [0.1, 0.15) is 43.2 Å². The summed E-state index contributed by atoms with van der Waals surface area (Å²) in [4.78, 5) is 21.8. The maximum Gasteiger partial charge on any atom is 0.312 e. The summed E-state index contributed by atoms with van der Waals surface area (Å²) in [5, 5.41) is 0.535. The first-order valence-electron chi connectivity index (χ1n) is 16.1. The van der Waals surface area contributed by atoms with Gasteiger partial charge in [0.05, 0.1) is 47.4 Å². The lowest BCUT2D eigenvalue weighted by molar-refractivity contribution is 0.162. The largest absolute Gasteiger partial charge is 0.490 e. The third kappa shape index (κ3) is 8.20. The van der Waals surface area contributed by atoms with Gasteiger partial charge in [-0.1, -0.05) is 54.4 Å². The number of piperidine rings is 1. The van der Waals surface area contributed by atoms with E-state index in [1.807, 2.05) is 11.8 Å². The van der Waals surface area contributed by atoms with Gasteiger partial charge in [0.2, 0.25) is 11.9 Å². The standard InChI is InChI=1S/C34H39ClFN7O4S/c1-23-7-9-28(10-8-23)48(44,45)47-41-32-22-43(21-30(32)29-5-3-4-6-31(29)36)34-39-19-27(20-40-34)46-16-13-24(2)25-11-14-42(15-12-25)33-37-17-26(35)18-38-33/h3-10,17-20,24-25,30,32,41H,11-16,21-22H2,1-2H3/t24-,30?,32?/m1/s1. The Bertz CT molecular complexity index is 1760. The normalized spacial score (nSPS) is 19.4. The molecule has 254 valence electrons. The molecule has 14 heteroatoms. The smallest absolute Gasteiger partial charge is 0.312 e. The molecule has 1 N–H and O–H groups in total. The van der Waals surface area contributed by atoms with Crippen molar-refractivity contribution in [2.45, 2.75) is 50.0 Å². The Balaban J connectivity index is 1.02. The van der Waals surface area contributed by atoms with Crippen molar-refractivity contribution in [2.24, 2.45) is 11.8 Å². The number of hydrogen-bond acceptors (Lipinski definition) is 11. The highest BCUT2D eigenvalue weighted by molar-refractivity contribution is 7.86. The van der Waals surface area contributed by atoms with Crippen LogP contribution in [0.25, 0.3) is 0 Å². The Morgan fingerprint density at radius 3 is 2.27 bits per heavy atom. The van der Waals surface area contributed by atoms with Crippen LogP contribution in [0, 0.1) is 24.6 Å². The van der Waals surface area contributed by atoms with Crippen molar-refractivity contribution in [3.05, 3.63) is 95.3 Å². The van der Waals surface area contributed by atoms with E-state index in [9.17, 15) is 12.8 Å². The number of aromatic nitrogens is 4. The van der Waals surface area contributed by atoms with Gasteiger partial charge in [0, 0.05) is 32.1 Å². The van der Waals surface area contributed by atoms with Gasteiger partial charge in [-0.05, 0) is 61.8 Å². The number of halogens is 2. The van der Waals surface area contributed by atoms with Gasteiger partial charge in [0.15, 0.2) is 5.75 Å². The predicted molar refractivity (Wildman–Crippen MR) is 181 cm³/mol. The van der Waals surface area contributed by atoms with Crippen LogP contribution in [0.15, 0.2) is 78.2 Å². The quantitative estimate of drug-likeness (QED) is 0.187. The average Bonchev–Trinajstić information content (AvgIpc) is 3.52. The second kappa shape index (κ2) is 15.1. The molecule has 4 heterocycles. The monoisotopic (exact) mass is 695 g/mol. The molecule has 3 atom stereocenters. The molecule has 0 saturated carbocycles. The van der Waals surface area contributed by atoms with Crippen molar-refractivity contribution in [2.75, 3.05) is 42.6 Å². The van der Waals surface area contributed by atoms with Crippen LogP contribution in [0.3, 0.4) is 0 Å². The van der Waals surface area contributed by atoms with Crippen LogP contribution in [0.5, 0.6) is 5.75 Å². The summed E-state index contributed by atoms with van der Waals surface area (Å²) >= 11 is 5.92.